The molecular formula is C24H21N. The summed E-state index contributed by atoms with van der Waals surface area (Å²) in [5.41, 5.74) is 8.89. The molecule has 0 radical (unpaired) electrons. The van der Waals surface area contributed by atoms with Crippen LogP contribution in [0.1, 0.15) is 11.3 Å². The summed E-state index contributed by atoms with van der Waals surface area (Å²) in [7, 11) is 0. The molecule has 0 N–H and O–H groups in total. The van der Waals surface area contributed by atoms with Gasteiger partial charge in [-0.3, -0.25) is 0 Å². The van der Waals surface area contributed by atoms with Crippen molar-refractivity contribution in [1.29, 1.82) is 0 Å². The third kappa shape index (κ3) is 2.68. The normalized spacial score (nSPS) is 10.8. The number of hydrogen-bond acceptors (Lipinski definition) is 0. The summed E-state index contributed by atoms with van der Waals surface area (Å²) >= 11 is 0. The van der Waals surface area contributed by atoms with E-state index in [2.05, 4.69) is 109 Å². The van der Waals surface area contributed by atoms with Crippen molar-refractivity contribution in [1.82, 2.24) is 4.57 Å². The van der Waals surface area contributed by atoms with Crippen LogP contribution in [0, 0.1) is 13.8 Å². The molecule has 1 heteroatoms. The second-order valence-corrected chi connectivity index (χ2v) is 6.34. The van der Waals surface area contributed by atoms with Crippen molar-refractivity contribution < 1.29 is 0 Å². The van der Waals surface area contributed by atoms with Crippen molar-refractivity contribution in [2.45, 2.75) is 13.8 Å². The standard InChI is InChI=1S/C24H21N/c1-18-23(20-12-6-3-7-13-20)19(2)25(22-16-10-5-11-17-22)24(18)21-14-8-4-9-15-21/h3-17H,1-2H3. The summed E-state index contributed by atoms with van der Waals surface area (Å²) in [6.07, 6.45) is 0. The van der Waals surface area contributed by atoms with Gasteiger partial charge in [0.15, 0.2) is 0 Å². The summed E-state index contributed by atoms with van der Waals surface area (Å²) in [5, 5.41) is 0. The minimum absolute atomic E-state index is 1.20. The van der Waals surface area contributed by atoms with E-state index in [0.29, 0.717) is 0 Å². The lowest BCUT2D eigenvalue weighted by molar-refractivity contribution is 1.02. The second-order valence-electron chi connectivity index (χ2n) is 6.34. The van der Waals surface area contributed by atoms with Crippen LogP contribution in [0.25, 0.3) is 28.1 Å². The van der Waals surface area contributed by atoms with Gasteiger partial charge in [0.05, 0.1) is 5.69 Å². The van der Waals surface area contributed by atoms with E-state index < -0.39 is 0 Å². The zero-order valence-corrected chi connectivity index (χ0v) is 14.6. The number of aromatic nitrogens is 1. The largest absolute Gasteiger partial charge is 0.313 e. The minimum atomic E-state index is 1.20. The van der Waals surface area contributed by atoms with E-state index in [0.717, 1.165) is 0 Å². The third-order valence-corrected chi connectivity index (χ3v) is 4.78. The highest BCUT2D eigenvalue weighted by Gasteiger charge is 2.20. The Hall–Kier alpha value is -3.06. The molecule has 0 aliphatic heterocycles. The Morgan fingerprint density at radius 3 is 1.60 bits per heavy atom. The maximum Gasteiger partial charge on any atom is 0.0566 e. The Morgan fingerprint density at radius 1 is 0.560 bits per heavy atom. The molecule has 4 aromatic rings. The van der Waals surface area contributed by atoms with Gasteiger partial charge in [0.2, 0.25) is 0 Å². The first-order chi connectivity index (χ1) is 12.3. The summed E-state index contributed by atoms with van der Waals surface area (Å²) in [6.45, 7) is 4.45. The van der Waals surface area contributed by atoms with Crippen LogP contribution in [-0.4, -0.2) is 4.57 Å². The lowest BCUT2D eigenvalue weighted by Gasteiger charge is -2.13. The second kappa shape index (κ2) is 6.45. The van der Waals surface area contributed by atoms with Crippen molar-refractivity contribution in [2.24, 2.45) is 0 Å². The molecule has 0 spiro atoms. The molecule has 122 valence electrons. The van der Waals surface area contributed by atoms with Gasteiger partial charge in [0.25, 0.3) is 0 Å². The lowest BCUT2D eigenvalue weighted by atomic mass is 9.99. The molecule has 1 aromatic heterocycles. The van der Waals surface area contributed by atoms with E-state index in [1.165, 1.54) is 39.3 Å². The van der Waals surface area contributed by atoms with Gasteiger partial charge in [-0.15, -0.1) is 0 Å². The molecule has 0 bridgehead atoms. The van der Waals surface area contributed by atoms with Gasteiger partial charge < -0.3 is 4.57 Å². The summed E-state index contributed by atoms with van der Waals surface area (Å²) in [6, 6.07) is 31.9. The van der Waals surface area contributed by atoms with Gasteiger partial charge in [0, 0.05) is 16.9 Å². The first-order valence-corrected chi connectivity index (χ1v) is 8.65. The molecular weight excluding hydrogens is 302 g/mol. The van der Waals surface area contributed by atoms with Crippen LogP contribution in [0.3, 0.4) is 0 Å². The maximum absolute atomic E-state index is 2.38. The summed E-state index contributed by atoms with van der Waals surface area (Å²) in [5.74, 6) is 0. The first-order valence-electron chi connectivity index (χ1n) is 8.65. The lowest BCUT2D eigenvalue weighted by Crippen LogP contribution is -1.99. The molecule has 1 nitrogen and oxygen atoms in total. The number of benzene rings is 3. The topological polar surface area (TPSA) is 4.93 Å². The molecule has 0 saturated carbocycles. The Morgan fingerprint density at radius 2 is 1.04 bits per heavy atom. The first kappa shape index (κ1) is 15.5. The highest BCUT2D eigenvalue weighted by Crippen LogP contribution is 2.39. The minimum Gasteiger partial charge on any atom is -0.313 e. The van der Waals surface area contributed by atoms with E-state index >= 15 is 0 Å². The molecule has 0 saturated heterocycles. The van der Waals surface area contributed by atoms with Crippen molar-refractivity contribution in [3.8, 4) is 28.1 Å². The van der Waals surface area contributed by atoms with Crippen molar-refractivity contribution in [2.75, 3.05) is 0 Å². The number of nitrogens with zero attached hydrogens (tertiary/aromatic N) is 1. The summed E-state index contributed by atoms with van der Waals surface area (Å²) in [4.78, 5) is 0. The maximum atomic E-state index is 2.38. The zero-order valence-electron chi connectivity index (χ0n) is 14.6. The monoisotopic (exact) mass is 323 g/mol. The number of hydrogen-bond donors (Lipinski definition) is 0. The van der Waals surface area contributed by atoms with E-state index in [4.69, 9.17) is 0 Å². The van der Waals surface area contributed by atoms with Crippen LogP contribution < -0.4 is 0 Å². The fourth-order valence-corrected chi connectivity index (χ4v) is 3.71. The highest BCUT2D eigenvalue weighted by molar-refractivity contribution is 5.81. The molecule has 3 aromatic carbocycles. The molecule has 0 atom stereocenters. The van der Waals surface area contributed by atoms with Crippen LogP contribution in [0.2, 0.25) is 0 Å². The average Bonchev–Trinajstić information content (AvgIpc) is 2.94. The highest BCUT2D eigenvalue weighted by atomic mass is 15.0. The summed E-state index contributed by atoms with van der Waals surface area (Å²) < 4.78 is 2.38. The van der Waals surface area contributed by atoms with Gasteiger partial charge in [-0.2, -0.15) is 0 Å². The van der Waals surface area contributed by atoms with Crippen LogP contribution in [0.5, 0.6) is 0 Å². The SMILES string of the molecule is Cc1c(-c2ccccc2)c(C)n(-c2ccccc2)c1-c1ccccc1. The molecule has 0 aliphatic rings. The third-order valence-electron chi connectivity index (χ3n) is 4.78. The molecule has 0 unspecified atom stereocenters. The molecule has 0 amide bonds. The Kier molecular flexibility index (Phi) is 3.99. The molecule has 4 rings (SSSR count). The van der Waals surface area contributed by atoms with Gasteiger partial charge in [-0.25, -0.2) is 0 Å². The Bertz CT molecular complexity index is 918. The van der Waals surface area contributed by atoms with E-state index in [-0.39, 0.29) is 0 Å². The van der Waals surface area contributed by atoms with E-state index in [1.807, 2.05) is 0 Å². The molecule has 0 fully saturated rings. The van der Waals surface area contributed by atoms with E-state index in [1.54, 1.807) is 0 Å². The van der Waals surface area contributed by atoms with Crippen molar-refractivity contribution in [3.05, 3.63) is 102 Å². The average molecular weight is 323 g/mol. The zero-order chi connectivity index (χ0) is 17.2. The van der Waals surface area contributed by atoms with Gasteiger partial charge in [-0.05, 0) is 42.7 Å². The molecule has 25 heavy (non-hydrogen) atoms. The Balaban J connectivity index is 2.06. The predicted octanol–water partition coefficient (Wildman–Crippen LogP) is 6.43. The van der Waals surface area contributed by atoms with Crippen molar-refractivity contribution in [3.63, 3.8) is 0 Å². The fourth-order valence-electron chi connectivity index (χ4n) is 3.71. The number of para-hydroxylation sites is 1. The van der Waals surface area contributed by atoms with Crippen LogP contribution in [0.15, 0.2) is 91.0 Å². The van der Waals surface area contributed by atoms with Gasteiger partial charge in [0.1, 0.15) is 0 Å². The molecule has 0 aliphatic carbocycles. The van der Waals surface area contributed by atoms with Gasteiger partial charge in [-0.1, -0.05) is 78.9 Å². The van der Waals surface area contributed by atoms with E-state index in [9.17, 15) is 0 Å². The smallest absolute Gasteiger partial charge is 0.0566 e. The fraction of sp³-hybridized carbons (Fsp3) is 0.0833. The molecule has 1 heterocycles. The van der Waals surface area contributed by atoms with Gasteiger partial charge >= 0.3 is 0 Å². The van der Waals surface area contributed by atoms with Crippen LogP contribution >= 0.6 is 0 Å². The van der Waals surface area contributed by atoms with Crippen LogP contribution in [-0.2, 0) is 0 Å². The quantitative estimate of drug-likeness (QED) is 0.409. The van der Waals surface area contributed by atoms with Crippen LogP contribution in [0.4, 0.5) is 0 Å². The predicted molar refractivity (Wildman–Crippen MR) is 106 cm³/mol. The Labute approximate surface area is 149 Å². The number of rotatable bonds is 3. The van der Waals surface area contributed by atoms with Crippen molar-refractivity contribution >= 4 is 0 Å².